The molecule has 0 aromatic rings. The summed E-state index contributed by atoms with van der Waals surface area (Å²) in [4.78, 5) is 2.15. The van der Waals surface area contributed by atoms with Gasteiger partial charge in [-0.3, -0.25) is 0 Å². The van der Waals surface area contributed by atoms with E-state index >= 15 is 0 Å². The molecule has 2 rings (SSSR count). The third-order valence-electron chi connectivity index (χ3n) is 3.99. The lowest BCUT2D eigenvalue weighted by Crippen LogP contribution is -2.60. The SMILES string of the molecule is CN1CCN(S(=O)(=O)C2(CN)CCC2)CC1. The summed E-state index contributed by atoms with van der Waals surface area (Å²) in [6.07, 6.45) is 2.46. The molecule has 0 aromatic carbocycles. The van der Waals surface area contributed by atoms with Gasteiger partial charge in [0.1, 0.15) is 0 Å². The second kappa shape index (κ2) is 4.25. The number of nitrogens with two attached hydrogens (primary N) is 1. The first-order valence-electron chi connectivity index (χ1n) is 5.90. The van der Waals surface area contributed by atoms with Crippen molar-refractivity contribution in [1.82, 2.24) is 9.21 Å². The van der Waals surface area contributed by atoms with Crippen molar-refractivity contribution >= 4 is 10.0 Å². The van der Waals surface area contributed by atoms with Gasteiger partial charge in [-0.05, 0) is 19.9 Å². The Morgan fingerprint density at radius 1 is 1.19 bits per heavy atom. The van der Waals surface area contributed by atoms with Crippen LogP contribution in [0.5, 0.6) is 0 Å². The Morgan fingerprint density at radius 3 is 2.12 bits per heavy atom. The lowest BCUT2D eigenvalue weighted by molar-refractivity contribution is 0.211. The maximum atomic E-state index is 12.5. The Balaban J connectivity index is 2.13. The zero-order valence-electron chi connectivity index (χ0n) is 9.85. The minimum Gasteiger partial charge on any atom is -0.329 e. The number of hydrogen-bond acceptors (Lipinski definition) is 4. The molecule has 2 aliphatic rings. The highest BCUT2D eigenvalue weighted by Crippen LogP contribution is 2.40. The Morgan fingerprint density at radius 2 is 1.75 bits per heavy atom. The molecule has 2 fully saturated rings. The third kappa shape index (κ3) is 1.77. The molecule has 1 aliphatic carbocycles. The predicted molar refractivity (Wildman–Crippen MR) is 63.6 cm³/mol. The van der Waals surface area contributed by atoms with Gasteiger partial charge < -0.3 is 10.6 Å². The summed E-state index contributed by atoms with van der Waals surface area (Å²) in [6.45, 7) is 3.13. The van der Waals surface area contributed by atoms with E-state index in [1.54, 1.807) is 4.31 Å². The van der Waals surface area contributed by atoms with Gasteiger partial charge in [0, 0.05) is 32.7 Å². The van der Waals surface area contributed by atoms with Crippen LogP contribution in [0.4, 0.5) is 0 Å². The zero-order valence-corrected chi connectivity index (χ0v) is 10.7. The van der Waals surface area contributed by atoms with E-state index in [1.165, 1.54) is 0 Å². The fourth-order valence-corrected chi connectivity index (χ4v) is 4.65. The van der Waals surface area contributed by atoms with E-state index in [0.29, 0.717) is 13.1 Å². The Kier molecular flexibility index (Phi) is 3.27. The number of hydrogen-bond donors (Lipinski definition) is 1. The second-order valence-electron chi connectivity index (χ2n) is 4.95. The van der Waals surface area contributed by atoms with Crippen molar-refractivity contribution in [2.24, 2.45) is 5.73 Å². The number of sulfonamides is 1. The zero-order chi connectivity index (χ0) is 11.8. The molecular formula is C10H21N3O2S. The molecule has 1 heterocycles. The summed E-state index contributed by atoms with van der Waals surface area (Å²) in [5.41, 5.74) is 5.67. The first-order chi connectivity index (χ1) is 7.52. The minimum atomic E-state index is -3.18. The van der Waals surface area contributed by atoms with Crippen molar-refractivity contribution in [3.8, 4) is 0 Å². The van der Waals surface area contributed by atoms with Crippen molar-refractivity contribution in [2.45, 2.75) is 24.0 Å². The van der Waals surface area contributed by atoms with Gasteiger partial charge in [0.05, 0.1) is 4.75 Å². The number of piperazine rings is 1. The van der Waals surface area contributed by atoms with Crippen LogP contribution < -0.4 is 5.73 Å². The first-order valence-corrected chi connectivity index (χ1v) is 7.34. The van der Waals surface area contributed by atoms with Gasteiger partial charge in [-0.1, -0.05) is 6.42 Å². The van der Waals surface area contributed by atoms with Crippen LogP contribution >= 0.6 is 0 Å². The van der Waals surface area contributed by atoms with Gasteiger partial charge in [0.2, 0.25) is 10.0 Å². The molecular weight excluding hydrogens is 226 g/mol. The van der Waals surface area contributed by atoms with Gasteiger partial charge in [-0.2, -0.15) is 4.31 Å². The van der Waals surface area contributed by atoms with Crippen LogP contribution in [0.2, 0.25) is 0 Å². The molecule has 1 saturated heterocycles. The molecule has 1 saturated carbocycles. The number of rotatable bonds is 3. The van der Waals surface area contributed by atoms with Crippen LogP contribution in [-0.4, -0.2) is 62.1 Å². The van der Waals surface area contributed by atoms with E-state index < -0.39 is 14.8 Å². The van der Waals surface area contributed by atoms with Crippen LogP contribution in [0, 0.1) is 0 Å². The molecule has 16 heavy (non-hydrogen) atoms. The highest BCUT2D eigenvalue weighted by Gasteiger charge is 2.50. The van der Waals surface area contributed by atoms with Crippen molar-refractivity contribution in [3.63, 3.8) is 0 Å². The highest BCUT2D eigenvalue weighted by molar-refractivity contribution is 7.90. The average molecular weight is 247 g/mol. The van der Waals surface area contributed by atoms with E-state index in [9.17, 15) is 8.42 Å². The normalized spacial score (nSPS) is 27.6. The maximum Gasteiger partial charge on any atom is 0.221 e. The van der Waals surface area contributed by atoms with Gasteiger partial charge in [0.15, 0.2) is 0 Å². The molecule has 0 amide bonds. The molecule has 0 unspecified atom stereocenters. The highest BCUT2D eigenvalue weighted by atomic mass is 32.2. The molecule has 6 heteroatoms. The van der Waals surface area contributed by atoms with Gasteiger partial charge in [-0.25, -0.2) is 8.42 Å². The molecule has 0 spiro atoms. The second-order valence-corrected chi connectivity index (χ2v) is 7.28. The van der Waals surface area contributed by atoms with Gasteiger partial charge in [-0.15, -0.1) is 0 Å². The summed E-state index contributed by atoms with van der Waals surface area (Å²) >= 11 is 0. The Labute approximate surface area is 97.6 Å². The minimum absolute atomic E-state index is 0.266. The molecule has 0 atom stereocenters. The fourth-order valence-electron chi connectivity index (χ4n) is 2.44. The van der Waals surface area contributed by atoms with Gasteiger partial charge in [0.25, 0.3) is 0 Å². The van der Waals surface area contributed by atoms with Crippen LogP contribution in [0.15, 0.2) is 0 Å². The maximum absolute atomic E-state index is 12.5. The molecule has 2 N–H and O–H groups in total. The quantitative estimate of drug-likeness (QED) is 0.726. The standard InChI is InChI=1S/C10H21N3O2S/c1-12-5-7-13(8-6-12)16(14,15)10(9-11)3-2-4-10/h2-9,11H2,1H3. The van der Waals surface area contributed by atoms with Crippen molar-refractivity contribution in [1.29, 1.82) is 0 Å². The van der Waals surface area contributed by atoms with E-state index in [-0.39, 0.29) is 6.54 Å². The monoisotopic (exact) mass is 247 g/mol. The summed E-state index contributed by atoms with van der Waals surface area (Å²) in [6, 6.07) is 0. The smallest absolute Gasteiger partial charge is 0.221 e. The summed E-state index contributed by atoms with van der Waals surface area (Å²) in [7, 11) is -1.16. The first kappa shape index (κ1) is 12.3. The average Bonchev–Trinajstić information content (AvgIpc) is 2.17. The van der Waals surface area contributed by atoms with Crippen LogP contribution in [-0.2, 0) is 10.0 Å². The topological polar surface area (TPSA) is 66.6 Å². The molecule has 0 bridgehead atoms. The third-order valence-corrected chi connectivity index (χ3v) is 6.70. The van der Waals surface area contributed by atoms with Crippen molar-refractivity contribution in [2.75, 3.05) is 39.8 Å². The van der Waals surface area contributed by atoms with Crippen molar-refractivity contribution < 1.29 is 8.42 Å². The molecule has 94 valence electrons. The number of nitrogens with zero attached hydrogens (tertiary/aromatic N) is 2. The van der Waals surface area contributed by atoms with E-state index in [4.69, 9.17) is 5.73 Å². The van der Waals surface area contributed by atoms with Crippen LogP contribution in [0.3, 0.4) is 0 Å². The van der Waals surface area contributed by atoms with E-state index in [2.05, 4.69) is 4.90 Å². The van der Waals surface area contributed by atoms with Gasteiger partial charge >= 0.3 is 0 Å². The molecule has 1 aliphatic heterocycles. The van der Waals surface area contributed by atoms with Crippen LogP contribution in [0.1, 0.15) is 19.3 Å². The lowest BCUT2D eigenvalue weighted by Gasteiger charge is -2.44. The summed E-state index contributed by atoms with van der Waals surface area (Å²) in [5, 5.41) is 0. The molecule has 5 nitrogen and oxygen atoms in total. The lowest BCUT2D eigenvalue weighted by atomic mass is 9.84. The Bertz CT molecular complexity index is 338. The van der Waals surface area contributed by atoms with Crippen LogP contribution in [0.25, 0.3) is 0 Å². The van der Waals surface area contributed by atoms with E-state index in [1.807, 2.05) is 7.05 Å². The predicted octanol–water partition coefficient (Wildman–Crippen LogP) is -0.555. The summed E-state index contributed by atoms with van der Waals surface area (Å²) in [5.74, 6) is 0. The fraction of sp³-hybridized carbons (Fsp3) is 1.00. The van der Waals surface area contributed by atoms with E-state index in [0.717, 1.165) is 32.4 Å². The largest absolute Gasteiger partial charge is 0.329 e. The molecule has 0 aromatic heterocycles. The Hall–Kier alpha value is -0.170. The molecule has 0 radical (unpaired) electrons. The van der Waals surface area contributed by atoms with Crippen molar-refractivity contribution in [3.05, 3.63) is 0 Å². The summed E-state index contributed by atoms with van der Waals surface area (Å²) < 4.78 is 25.9. The number of likely N-dealkylation sites (N-methyl/N-ethyl adjacent to an activating group) is 1.